The number of nitrogens with zero attached hydrogens (tertiary/aromatic N) is 1. The van der Waals surface area contributed by atoms with Crippen LogP contribution in [0.25, 0.3) is 0 Å². The summed E-state index contributed by atoms with van der Waals surface area (Å²) < 4.78 is 0. The van der Waals surface area contributed by atoms with Crippen molar-refractivity contribution in [1.82, 2.24) is 10.2 Å². The number of carbonyl (C=O) groups is 2. The molecule has 82 valence electrons. The molecule has 0 fully saturated rings. The van der Waals surface area contributed by atoms with Crippen LogP contribution in [0.15, 0.2) is 0 Å². The zero-order chi connectivity index (χ0) is 11.1. The lowest BCUT2D eigenvalue weighted by Crippen LogP contribution is -2.46. The molecular weight excluding hydrogens is 180 g/mol. The highest BCUT2D eigenvalue weighted by Crippen LogP contribution is 1.94. The van der Waals surface area contributed by atoms with E-state index < -0.39 is 0 Å². The zero-order valence-electron chi connectivity index (χ0n) is 9.46. The summed E-state index contributed by atoms with van der Waals surface area (Å²) in [5.74, 6) is 0.0607. The van der Waals surface area contributed by atoms with Crippen LogP contribution in [0.4, 0.5) is 4.79 Å². The summed E-state index contributed by atoms with van der Waals surface area (Å²) in [6, 6.07) is -0.544. The highest BCUT2D eigenvalue weighted by atomic mass is 16.2. The van der Waals surface area contributed by atoms with Gasteiger partial charge in [-0.1, -0.05) is 6.92 Å². The third-order valence-electron chi connectivity index (χ3n) is 2.22. The molecule has 0 aliphatic heterocycles. The molecule has 0 saturated heterocycles. The molecule has 0 aromatic carbocycles. The average Bonchev–Trinajstić information content (AvgIpc) is 2.18. The Kier molecular flexibility index (Phi) is 5.92. The molecule has 0 aromatic rings. The van der Waals surface area contributed by atoms with Gasteiger partial charge in [0.05, 0.1) is 6.04 Å². The Bertz CT molecular complexity index is 200. The number of Topliss-reactive ketones (excluding diaryl/α,β-unsaturated/α-hetero) is 1. The van der Waals surface area contributed by atoms with E-state index in [1.165, 1.54) is 0 Å². The van der Waals surface area contributed by atoms with Crippen LogP contribution in [0, 0.1) is 0 Å². The maximum Gasteiger partial charge on any atom is 0.317 e. The van der Waals surface area contributed by atoms with Gasteiger partial charge in [0.25, 0.3) is 0 Å². The van der Waals surface area contributed by atoms with Crippen LogP contribution in [-0.2, 0) is 4.79 Å². The molecule has 14 heavy (non-hydrogen) atoms. The summed E-state index contributed by atoms with van der Waals surface area (Å²) in [6.07, 6.45) is 0.458. The van der Waals surface area contributed by atoms with Crippen LogP contribution in [0.5, 0.6) is 0 Å². The fourth-order valence-corrected chi connectivity index (χ4v) is 1.17. The van der Waals surface area contributed by atoms with Crippen molar-refractivity contribution < 1.29 is 9.59 Å². The standard InChI is InChI=1S/C10H20N2O2/c1-5-9(13)8(4)11-10(14)12(6-2)7-3/h8H,5-7H2,1-4H3,(H,11,14). The van der Waals surface area contributed by atoms with Crippen molar-refractivity contribution in [2.24, 2.45) is 0 Å². The quantitative estimate of drug-likeness (QED) is 0.729. The van der Waals surface area contributed by atoms with E-state index in [4.69, 9.17) is 0 Å². The van der Waals surface area contributed by atoms with Crippen LogP contribution >= 0.6 is 0 Å². The van der Waals surface area contributed by atoms with Gasteiger partial charge in [0, 0.05) is 19.5 Å². The molecule has 0 aromatic heterocycles. The number of hydrogen-bond acceptors (Lipinski definition) is 2. The first kappa shape index (κ1) is 12.9. The van der Waals surface area contributed by atoms with Crippen LogP contribution in [0.2, 0.25) is 0 Å². The molecule has 1 unspecified atom stereocenters. The van der Waals surface area contributed by atoms with Gasteiger partial charge in [-0.2, -0.15) is 0 Å². The van der Waals surface area contributed by atoms with E-state index in [0.717, 1.165) is 0 Å². The molecule has 4 nitrogen and oxygen atoms in total. The molecule has 4 heteroatoms. The van der Waals surface area contributed by atoms with Gasteiger partial charge >= 0.3 is 6.03 Å². The predicted octanol–water partition coefficient (Wildman–Crippen LogP) is 1.41. The number of hydrogen-bond donors (Lipinski definition) is 1. The highest BCUT2D eigenvalue weighted by Gasteiger charge is 2.16. The van der Waals surface area contributed by atoms with Crippen molar-refractivity contribution in [1.29, 1.82) is 0 Å². The number of rotatable bonds is 5. The second-order valence-corrected chi connectivity index (χ2v) is 3.16. The van der Waals surface area contributed by atoms with E-state index in [1.54, 1.807) is 18.7 Å². The van der Waals surface area contributed by atoms with Gasteiger partial charge in [0.15, 0.2) is 5.78 Å². The minimum atomic E-state index is -0.381. The lowest BCUT2D eigenvalue weighted by Gasteiger charge is -2.21. The molecule has 0 spiro atoms. The smallest absolute Gasteiger partial charge is 0.317 e. The summed E-state index contributed by atoms with van der Waals surface area (Å²) >= 11 is 0. The third-order valence-corrected chi connectivity index (χ3v) is 2.22. The summed E-state index contributed by atoms with van der Waals surface area (Å²) in [4.78, 5) is 24.4. The van der Waals surface area contributed by atoms with Crippen LogP contribution in [0.1, 0.15) is 34.1 Å². The maximum absolute atomic E-state index is 11.5. The molecule has 0 bridgehead atoms. The monoisotopic (exact) mass is 200 g/mol. The lowest BCUT2D eigenvalue weighted by molar-refractivity contribution is -0.120. The van der Waals surface area contributed by atoms with E-state index in [0.29, 0.717) is 19.5 Å². The third kappa shape index (κ3) is 3.77. The second-order valence-electron chi connectivity index (χ2n) is 3.16. The molecule has 1 atom stereocenters. The van der Waals surface area contributed by atoms with Gasteiger partial charge in [-0.05, 0) is 20.8 Å². The zero-order valence-corrected chi connectivity index (χ0v) is 9.46. The highest BCUT2D eigenvalue weighted by molar-refractivity contribution is 5.87. The lowest BCUT2D eigenvalue weighted by atomic mass is 10.2. The summed E-state index contributed by atoms with van der Waals surface area (Å²) in [5, 5.41) is 2.67. The van der Waals surface area contributed by atoms with Gasteiger partial charge in [-0.3, -0.25) is 4.79 Å². The van der Waals surface area contributed by atoms with Crippen LogP contribution in [0.3, 0.4) is 0 Å². The van der Waals surface area contributed by atoms with Crippen molar-refractivity contribution >= 4 is 11.8 Å². The van der Waals surface area contributed by atoms with E-state index in [2.05, 4.69) is 5.32 Å². The number of carbonyl (C=O) groups excluding carboxylic acids is 2. The van der Waals surface area contributed by atoms with Crippen LogP contribution in [-0.4, -0.2) is 35.8 Å². The normalized spacial score (nSPS) is 12.0. The van der Waals surface area contributed by atoms with Crippen molar-refractivity contribution in [3.8, 4) is 0 Å². The maximum atomic E-state index is 11.5. The molecular formula is C10H20N2O2. The molecule has 0 heterocycles. The summed E-state index contributed by atoms with van der Waals surface area (Å²) in [6.45, 7) is 8.66. The largest absolute Gasteiger partial charge is 0.328 e. The molecule has 0 aliphatic rings. The predicted molar refractivity (Wildman–Crippen MR) is 56.2 cm³/mol. The second kappa shape index (κ2) is 6.40. The number of urea groups is 1. The molecule has 0 saturated carbocycles. The van der Waals surface area contributed by atoms with Crippen molar-refractivity contribution in [2.75, 3.05) is 13.1 Å². The molecule has 0 aliphatic carbocycles. The Balaban J connectivity index is 4.10. The Morgan fingerprint density at radius 1 is 1.21 bits per heavy atom. The topological polar surface area (TPSA) is 49.4 Å². The van der Waals surface area contributed by atoms with Gasteiger partial charge < -0.3 is 10.2 Å². The SMILES string of the molecule is CCC(=O)C(C)NC(=O)N(CC)CC. The van der Waals surface area contributed by atoms with Gasteiger partial charge in [-0.15, -0.1) is 0 Å². The molecule has 0 rings (SSSR count). The Labute approximate surface area is 85.7 Å². The Morgan fingerprint density at radius 2 is 1.71 bits per heavy atom. The van der Waals surface area contributed by atoms with Gasteiger partial charge in [0.1, 0.15) is 0 Å². The van der Waals surface area contributed by atoms with Gasteiger partial charge in [0.2, 0.25) is 0 Å². The number of nitrogens with one attached hydrogen (secondary N) is 1. The van der Waals surface area contributed by atoms with E-state index in [1.807, 2.05) is 13.8 Å². The summed E-state index contributed by atoms with van der Waals surface area (Å²) in [5.41, 5.74) is 0. The first-order chi connectivity index (χ1) is 6.56. The Morgan fingerprint density at radius 3 is 2.07 bits per heavy atom. The Hall–Kier alpha value is -1.06. The minimum Gasteiger partial charge on any atom is -0.328 e. The number of amides is 2. The molecule has 2 amide bonds. The van der Waals surface area contributed by atoms with E-state index in [-0.39, 0.29) is 17.9 Å². The first-order valence-corrected chi connectivity index (χ1v) is 5.14. The van der Waals surface area contributed by atoms with Crippen molar-refractivity contribution in [3.05, 3.63) is 0 Å². The van der Waals surface area contributed by atoms with Crippen molar-refractivity contribution in [3.63, 3.8) is 0 Å². The van der Waals surface area contributed by atoms with Gasteiger partial charge in [-0.25, -0.2) is 4.79 Å². The number of ketones is 1. The fraction of sp³-hybridized carbons (Fsp3) is 0.800. The minimum absolute atomic E-state index is 0.0607. The molecule has 0 radical (unpaired) electrons. The first-order valence-electron chi connectivity index (χ1n) is 5.14. The molecule has 1 N–H and O–H groups in total. The van der Waals surface area contributed by atoms with E-state index >= 15 is 0 Å². The summed E-state index contributed by atoms with van der Waals surface area (Å²) in [7, 11) is 0. The van der Waals surface area contributed by atoms with Crippen molar-refractivity contribution in [2.45, 2.75) is 40.2 Å². The average molecular weight is 200 g/mol. The van der Waals surface area contributed by atoms with Crippen LogP contribution < -0.4 is 5.32 Å². The van der Waals surface area contributed by atoms with E-state index in [9.17, 15) is 9.59 Å². The fourth-order valence-electron chi connectivity index (χ4n) is 1.17.